The van der Waals surface area contributed by atoms with Crippen LogP contribution in [0.4, 0.5) is 0 Å². The molecule has 2 aliphatic rings. The number of amides is 1. The van der Waals surface area contributed by atoms with E-state index < -0.39 is 0 Å². The summed E-state index contributed by atoms with van der Waals surface area (Å²) in [4.78, 5) is 11.8. The third-order valence-electron chi connectivity index (χ3n) is 3.75. The Morgan fingerprint density at radius 1 is 1.45 bits per heavy atom. The number of hydrogen-bond acceptors (Lipinski definition) is 5. The van der Waals surface area contributed by atoms with Crippen molar-refractivity contribution in [2.75, 3.05) is 19.8 Å². The quantitative estimate of drug-likeness (QED) is 0.604. The van der Waals surface area contributed by atoms with Crippen LogP contribution in [0, 0.1) is 0 Å². The fourth-order valence-electron chi connectivity index (χ4n) is 2.67. The maximum absolute atomic E-state index is 11.8. The Labute approximate surface area is 117 Å². The Morgan fingerprint density at radius 2 is 2.35 bits per heavy atom. The smallest absolute Gasteiger partial charge is 0.238 e. The van der Waals surface area contributed by atoms with Gasteiger partial charge in [0.05, 0.1) is 13.2 Å². The number of carbonyl (C=O) groups is 1. The molecular formula is C14H19N3O3. The third-order valence-corrected chi connectivity index (χ3v) is 3.75. The normalized spacial score (nSPS) is 24.2. The monoisotopic (exact) mass is 277 g/mol. The van der Waals surface area contributed by atoms with E-state index in [1.807, 2.05) is 12.1 Å². The molecule has 6 nitrogen and oxygen atoms in total. The van der Waals surface area contributed by atoms with Gasteiger partial charge in [0.1, 0.15) is 11.8 Å². The zero-order valence-electron chi connectivity index (χ0n) is 11.2. The zero-order chi connectivity index (χ0) is 13.9. The van der Waals surface area contributed by atoms with Gasteiger partial charge in [-0.15, -0.1) is 0 Å². The highest BCUT2D eigenvalue weighted by Crippen LogP contribution is 2.30. The average Bonchev–Trinajstić information content (AvgIpc) is 3.12. The molecule has 0 radical (unpaired) electrons. The van der Waals surface area contributed by atoms with Crippen LogP contribution in [0.5, 0.6) is 5.75 Å². The molecule has 0 aliphatic carbocycles. The van der Waals surface area contributed by atoms with E-state index in [4.69, 9.17) is 9.84 Å². The van der Waals surface area contributed by atoms with Crippen LogP contribution in [-0.4, -0.2) is 36.8 Å². The lowest BCUT2D eigenvalue weighted by atomic mass is 9.99. The van der Waals surface area contributed by atoms with Crippen molar-refractivity contribution in [1.29, 1.82) is 0 Å². The first-order valence-electron chi connectivity index (χ1n) is 6.93. The van der Waals surface area contributed by atoms with Crippen molar-refractivity contribution in [3.8, 4) is 5.75 Å². The van der Waals surface area contributed by atoms with Crippen molar-refractivity contribution in [2.24, 2.45) is 0 Å². The van der Waals surface area contributed by atoms with Crippen LogP contribution >= 0.6 is 0 Å². The Bertz CT molecular complexity index is 506. The predicted octanol–water partition coefficient (Wildman–Crippen LogP) is -0.362. The molecule has 4 N–H and O–H groups in total. The molecule has 3 rings (SSSR count). The lowest BCUT2D eigenvalue weighted by Crippen LogP contribution is -2.43. The Kier molecular flexibility index (Phi) is 3.86. The summed E-state index contributed by atoms with van der Waals surface area (Å²) in [5.41, 5.74) is 8.56. The van der Waals surface area contributed by atoms with Crippen molar-refractivity contribution in [3.63, 3.8) is 0 Å². The summed E-state index contributed by atoms with van der Waals surface area (Å²) in [7, 11) is 0. The number of nitrogens with one attached hydrogen (secondary N) is 3. The van der Waals surface area contributed by atoms with Gasteiger partial charge in [0.2, 0.25) is 5.91 Å². The number of ether oxygens (including phenoxy) is 1. The van der Waals surface area contributed by atoms with Gasteiger partial charge in [0, 0.05) is 19.0 Å². The van der Waals surface area contributed by atoms with Crippen LogP contribution in [0.15, 0.2) is 18.2 Å². The van der Waals surface area contributed by atoms with Gasteiger partial charge in [-0.1, -0.05) is 12.1 Å². The van der Waals surface area contributed by atoms with E-state index in [1.165, 1.54) is 11.1 Å². The molecular weight excluding hydrogens is 258 g/mol. The molecule has 0 bridgehead atoms. The van der Waals surface area contributed by atoms with Gasteiger partial charge >= 0.3 is 0 Å². The zero-order valence-corrected chi connectivity index (χ0v) is 11.2. The van der Waals surface area contributed by atoms with E-state index in [9.17, 15) is 4.79 Å². The molecule has 0 spiro atoms. The number of rotatable bonds is 4. The first-order chi connectivity index (χ1) is 9.78. The second kappa shape index (κ2) is 5.78. The number of aliphatic hydroxyl groups excluding tert-OH is 1. The van der Waals surface area contributed by atoms with E-state index in [1.54, 1.807) is 0 Å². The largest absolute Gasteiger partial charge is 0.493 e. The maximum atomic E-state index is 11.8. The first kappa shape index (κ1) is 13.4. The van der Waals surface area contributed by atoms with Gasteiger partial charge < -0.3 is 15.2 Å². The minimum atomic E-state index is -0.268. The van der Waals surface area contributed by atoms with Crippen molar-refractivity contribution >= 4 is 5.91 Å². The Hall–Kier alpha value is -1.63. The van der Waals surface area contributed by atoms with E-state index in [2.05, 4.69) is 22.2 Å². The molecule has 2 unspecified atom stereocenters. The number of hydrazine groups is 1. The fraction of sp³-hybridized carbons (Fsp3) is 0.500. The van der Waals surface area contributed by atoms with Crippen molar-refractivity contribution < 1.29 is 14.6 Å². The van der Waals surface area contributed by atoms with Crippen LogP contribution in [0.1, 0.15) is 23.6 Å². The van der Waals surface area contributed by atoms with E-state index in [-0.39, 0.29) is 31.1 Å². The van der Waals surface area contributed by atoms with E-state index in [0.717, 1.165) is 18.8 Å². The highest BCUT2D eigenvalue weighted by atomic mass is 16.5. The molecule has 1 aromatic carbocycles. The highest BCUT2D eigenvalue weighted by Gasteiger charge is 2.30. The molecule has 1 aromatic rings. The van der Waals surface area contributed by atoms with Crippen LogP contribution in [0.3, 0.4) is 0 Å². The summed E-state index contributed by atoms with van der Waals surface area (Å²) >= 11 is 0. The molecule has 1 saturated heterocycles. The summed E-state index contributed by atoms with van der Waals surface area (Å²) in [6.45, 7) is 0.999. The minimum absolute atomic E-state index is 0.0415. The number of hydrogen-bond donors (Lipinski definition) is 4. The standard InChI is InChI=1S/C14H19N3O3/c18-5-4-15-14(19)12-8-11(16-17-12)9-1-2-13-10(7-9)3-6-20-13/h1-2,7,11-12,16-18H,3-6,8H2,(H,15,19). The van der Waals surface area contributed by atoms with Gasteiger partial charge in [0.25, 0.3) is 0 Å². The van der Waals surface area contributed by atoms with Crippen LogP contribution < -0.4 is 20.9 Å². The van der Waals surface area contributed by atoms with Gasteiger partial charge in [0.15, 0.2) is 0 Å². The number of carbonyl (C=O) groups excluding carboxylic acids is 1. The summed E-state index contributed by atoms with van der Waals surface area (Å²) in [5.74, 6) is 0.885. The van der Waals surface area contributed by atoms with Crippen LogP contribution in [0.2, 0.25) is 0 Å². The van der Waals surface area contributed by atoms with Gasteiger partial charge in [-0.05, 0) is 23.6 Å². The first-order valence-corrected chi connectivity index (χ1v) is 6.93. The molecule has 20 heavy (non-hydrogen) atoms. The summed E-state index contributed by atoms with van der Waals surface area (Å²) in [6, 6.07) is 6.04. The van der Waals surface area contributed by atoms with Crippen molar-refractivity contribution in [3.05, 3.63) is 29.3 Å². The van der Waals surface area contributed by atoms with Gasteiger partial charge in [-0.25, -0.2) is 10.9 Å². The molecule has 1 fully saturated rings. The number of fused-ring (bicyclic) bond motifs is 1. The lowest BCUT2D eigenvalue weighted by molar-refractivity contribution is -0.123. The summed E-state index contributed by atoms with van der Waals surface area (Å²) in [6.07, 6.45) is 1.64. The maximum Gasteiger partial charge on any atom is 0.238 e. The SMILES string of the molecule is O=C(NCCO)C1CC(c2ccc3c(c2)CCO3)NN1. The molecule has 2 aliphatic heterocycles. The summed E-state index contributed by atoms with van der Waals surface area (Å²) in [5, 5.41) is 11.4. The van der Waals surface area contributed by atoms with Gasteiger partial charge in [-0.3, -0.25) is 4.79 Å². The molecule has 1 amide bonds. The Balaban J connectivity index is 1.63. The molecule has 0 aromatic heterocycles. The number of benzene rings is 1. The highest BCUT2D eigenvalue weighted by molar-refractivity contribution is 5.82. The second-order valence-electron chi connectivity index (χ2n) is 5.11. The average molecular weight is 277 g/mol. The Morgan fingerprint density at radius 3 is 3.20 bits per heavy atom. The van der Waals surface area contributed by atoms with Crippen LogP contribution in [0.25, 0.3) is 0 Å². The van der Waals surface area contributed by atoms with Gasteiger partial charge in [-0.2, -0.15) is 0 Å². The topological polar surface area (TPSA) is 82.6 Å². The molecule has 0 saturated carbocycles. The molecule has 2 atom stereocenters. The molecule has 6 heteroatoms. The van der Waals surface area contributed by atoms with E-state index in [0.29, 0.717) is 6.42 Å². The molecule has 2 heterocycles. The van der Waals surface area contributed by atoms with Crippen molar-refractivity contribution in [2.45, 2.75) is 24.9 Å². The lowest BCUT2D eigenvalue weighted by Gasteiger charge is -2.11. The fourth-order valence-corrected chi connectivity index (χ4v) is 2.67. The second-order valence-corrected chi connectivity index (χ2v) is 5.11. The van der Waals surface area contributed by atoms with E-state index >= 15 is 0 Å². The van der Waals surface area contributed by atoms with Crippen molar-refractivity contribution in [1.82, 2.24) is 16.2 Å². The molecule has 108 valence electrons. The van der Waals surface area contributed by atoms with Crippen LogP contribution in [-0.2, 0) is 11.2 Å². The predicted molar refractivity (Wildman–Crippen MR) is 73.2 cm³/mol. The summed E-state index contributed by atoms with van der Waals surface area (Å²) < 4.78 is 5.50. The third kappa shape index (κ3) is 2.63. The number of aliphatic hydroxyl groups is 1. The minimum Gasteiger partial charge on any atom is -0.493 e.